The number of hydrogen-bond acceptors (Lipinski definition) is 3. The van der Waals surface area contributed by atoms with Crippen molar-refractivity contribution in [1.82, 2.24) is 9.88 Å². The summed E-state index contributed by atoms with van der Waals surface area (Å²) in [5.41, 5.74) is 3.65. The fourth-order valence-electron chi connectivity index (χ4n) is 3.59. The molecule has 6 nitrogen and oxygen atoms in total. The van der Waals surface area contributed by atoms with Crippen LogP contribution in [0.2, 0.25) is 0 Å². The summed E-state index contributed by atoms with van der Waals surface area (Å²) in [7, 11) is -3.74. The van der Waals surface area contributed by atoms with Crippen LogP contribution >= 0.6 is 0 Å². The number of H-pyrrole nitrogens is 1. The number of aromatic nitrogens is 1. The molecule has 2 heterocycles. The lowest BCUT2D eigenvalue weighted by molar-refractivity contribution is -0.130. The minimum Gasteiger partial charge on any atom is -0.360 e. The molecule has 0 atom stereocenters. The van der Waals surface area contributed by atoms with E-state index in [2.05, 4.69) is 4.98 Å². The van der Waals surface area contributed by atoms with Gasteiger partial charge in [0.2, 0.25) is 15.9 Å². The Morgan fingerprint density at radius 1 is 1.17 bits per heavy atom. The van der Waals surface area contributed by atoms with Gasteiger partial charge >= 0.3 is 0 Å². The van der Waals surface area contributed by atoms with Gasteiger partial charge in [-0.05, 0) is 47.9 Å². The first kappa shape index (κ1) is 19.4. The van der Waals surface area contributed by atoms with Gasteiger partial charge in [-0.3, -0.25) is 4.79 Å². The number of rotatable bonds is 4. The number of carbonyl (C=O) groups excluding carboxylic acids is 1. The Hall–Kier alpha value is -2.97. The van der Waals surface area contributed by atoms with Crippen LogP contribution in [0.15, 0.2) is 59.6 Å². The summed E-state index contributed by atoms with van der Waals surface area (Å²) >= 11 is 0. The third-order valence-corrected chi connectivity index (χ3v) is 6.09. The molecular formula is C21H20FN3O3S. The molecule has 1 aliphatic heterocycles. The number of nitrogens with zero attached hydrogens (tertiary/aromatic N) is 1. The number of aromatic amines is 1. The van der Waals surface area contributed by atoms with E-state index in [1.165, 1.54) is 24.3 Å². The molecule has 1 amide bonds. The van der Waals surface area contributed by atoms with Crippen LogP contribution < -0.4 is 5.14 Å². The average molecular weight is 413 g/mol. The van der Waals surface area contributed by atoms with Gasteiger partial charge in [0.25, 0.3) is 0 Å². The van der Waals surface area contributed by atoms with Gasteiger partial charge in [0, 0.05) is 35.8 Å². The van der Waals surface area contributed by atoms with E-state index in [1.807, 2.05) is 12.3 Å². The highest BCUT2D eigenvalue weighted by Crippen LogP contribution is 2.29. The molecule has 4 rings (SSSR count). The van der Waals surface area contributed by atoms with Gasteiger partial charge < -0.3 is 9.88 Å². The van der Waals surface area contributed by atoms with Crippen molar-refractivity contribution in [3.8, 4) is 0 Å². The maximum Gasteiger partial charge on any atom is 0.238 e. The minimum absolute atomic E-state index is 0.0235. The molecule has 0 saturated heterocycles. The van der Waals surface area contributed by atoms with Crippen molar-refractivity contribution in [2.24, 2.45) is 5.14 Å². The van der Waals surface area contributed by atoms with Crippen LogP contribution in [0.1, 0.15) is 17.5 Å². The fourth-order valence-corrected chi connectivity index (χ4v) is 4.10. The topological polar surface area (TPSA) is 96.3 Å². The first-order valence-corrected chi connectivity index (χ1v) is 10.7. The number of nitrogens with one attached hydrogen (secondary N) is 1. The van der Waals surface area contributed by atoms with E-state index in [9.17, 15) is 17.6 Å². The standard InChI is InChI=1S/C21H20FN3O3S/c22-16-3-6-18-19(13-24-20(18)12-16)15-7-9-25(10-8-15)21(26)11-14-1-4-17(5-2-14)29(23,27)28/h1-7,12-13,24H,8-11H2,(H2,23,27,28). The molecule has 0 fully saturated rings. The molecule has 0 saturated carbocycles. The second-order valence-electron chi connectivity index (χ2n) is 7.08. The van der Waals surface area contributed by atoms with Crippen LogP contribution in [0.4, 0.5) is 4.39 Å². The van der Waals surface area contributed by atoms with E-state index in [0.717, 1.165) is 27.6 Å². The van der Waals surface area contributed by atoms with Gasteiger partial charge in [-0.15, -0.1) is 0 Å². The molecule has 2 aromatic carbocycles. The minimum atomic E-state index is -3.74. The van der Waals surface area contributed by atoms with Crippen molar-refractivity contribution in [2.45, 2.75) is 17.7 Å². The van der Waals surface area contributed by atoms with Gasteiger partial charge in [-0.1, -0.05) is 18.2 Å². The van der Waals surface area contributed by atoms with Crippen molar-refractivity contribution in [2.75, 3.05) is 13.1 Å². The number of sulfonamides is 1. The summed E-state index contributed by atoms with van der Waals surface area (Å²) in [5, 5.41) is 6.06. The Kier molecular flexibility index (Phi) is 4.97. The number of halogens is 1. The Balaban J connectivity index is 1.44. The SMILES string of the molecule is NS(=O)(=O)c1ccc(CC(=O)N2CC=C(c3c[nH]c4cc(F)ccc34)CC2)cc1. The second-order valence-corrected chi connectivity index (χ2v) is 8.64. The Morgan fingerprint density at radius 2 is 1.93 bits per heavy atom. The van der Waals surface area contributed by atoms with Crippen LogP contribution in [-0.2, 0) is 21.2 Å². The first-order chi connectivity index (χ1) is 13.8. The molecule has 29 heavy (non-hydrogen) atoms. The van der Waals surface area contributed by atoms with Crippen molar-refractivity contribution in [3.05, 3.63) is 71.7 Å². The van der Waals surface area contributed by atoms with Gasteiger partial charge in [-0.2, -0.15) is 0 Å². The average Bonchev–Trinajstić information content (AvgIpc) is 3.11. The van der Waals surface area contributed by atoms with Gasteiger partial charge in [0.1, 0.15) is 5.82 Å². The molecule has 1 aliphatic rings. The van der Waals surface area contributed by atoms with Crippen molar-refractivity contribution in [3.63, 3.8) is 0 Å². The van der Waals surface area contributed by atoms with E-state index < -0.39 is 10.0 Å². The van der Waals surface area contributed by atoms with Crippen molar-refractivity contribution >= 4 is 32.4 Å². The molecule has 0 unspecified atom stereocenters. The smallest absolute Gasteiger partial charge is 0.238 e. The molecule has 3 aromatic rings. The number of fused-ring (bicyclic) bond motifs is 1. The summed E-state index contributed by atoms with van der Waals surface area (Å²) in [6.07, 6.45) is 4.80. The molecule has 0 bridgehead atoms. The Bertz CT molecular complexity index is 1210. The van der Waals surface area contributed by atoms with E-state index in [-0.39, 0.29) is 23.0 Å². The van der Waals surface area contributed by atoms with Crippen LogP contribution in [0.25, 0.3) is 16.5 Å². The van der Waals surface area contributed by atoms with Crippen LogP contribution in [0.5, 0.6) is 0 Å². The zero-order valence-corrected chi connectivity index (χ0v) is 16.4. The molecule has 3 N–H and O–H groups in total. The maximum atomic E-state index is 13.4. The number of primary sulfonamides is 1. The summed E-state index contributed by atoms with van der Waals surface area (Å²) in [5.74, 6) is -0.304. The lowest BCUT2D eigenvalue weighted by atomic mass is 9.98. The predicted molar refractivity (Wildman–Crippen MR) is 109 cm³/mol. The molecule has 1 aromatic heterocycles. The van der Waals surface area contributed by atoms with Gasteiger partial charge in [-0.25, -0.2) is 17.9 Å². The highest BCUT2D eigenvalue weighted by atomic mass is 32.2. The summed E-state index contributed by atoms with van der Waals surface area (Å²) in [6, 6.07) is 10.7. The number of benzene rings is 2. The monoisotopic (exact) mass is 413 g/mol. The quantitative estimate of drug-likeness (QED) is 0.688. The summed E-state index contributed by atoms with van der Waals surface area (Å²) in [6.45, 7) is 1.09. The molecule has 0 aliphatic carbocycles. The summed E-state index contributed by atoms with van der Waals surface area (Å²) < 4.78 is 36.0. The van der Waals surface area contributed by atoms with E-state index in [1.54, 1.807) is 23.1 Å². The lowest BCUT2D eigenvalue weighted by Crippen LogP contribution is -2.35. The predicted octanol–water partition coefficient (Wildman–Crippen LogP) is 2.81. The maximum absolute atomic E-state index is 13.4. The third kappa shape index (κ3) is 4.08. The van der Waals surface area contributed by atoms with Crippen LogP contribution in [0.3, 0.4) is 0 Å². The van der Waals surface area contributed by atoms with Gasteiger partial charge in [0.15, 0.2) is 0 Å². The normalized spacial score (nSPS) is 14.8. The van der Waals surface area contributed by atoms with Crippen LogP contribution in [-0.4, -0.2) is 37.3 Å². The molecule has 150 valence electrons. The van der Waals surface area contributed by atoms with Crippen molar-refractivity contribution < 1.29 is 17.6 Å². The first-order valence-electron chi connectivity index (χ1n) is 9.17. The van der Waals surface area contributed by atoms with E-state index in [0.29, 0.717) is 19.5 Å². The molecular weight excluding hydrogens is 393 g/mol. The third-order valence-electron chi connectivity index (χ3n) is 5.16. The second kappa shape index (κ2) is 7.46. The van der Waals surface area contributed by atoms with E-state index >= 15 is 0 Å². The van der Waals surface area contributed by atoms with E-state index in [4.69, 9.17) is 5.14 Å². The van der Waals surface area contributed by atoms with Gasteiger partial charge in [0.05, 0.1) is 11.3 Å². The molecule has 8 heteroatoms. The highest BCUT2D eigenvalue weighted by molar-refractivity contribution is 7.89. The lowest BCUT2D eigenvalue weighted by Gasteiger charge is -2.26. The molecule has 0 radical (unpaired) electrons. The zero-order chi connectivity index (χ0) is 20.6. The number of carbonyl (C=O) groups is 1. The van der Waals surface area contributed by atoms with Crippen molar-refractivity contribution in [1.29, 1.82) is 0 Å². The number of amides is 1. The molecule has 0 spiro atoms. The summed E-state index contributed by atoms with van der Waals surface area (Å²) in [4.78, 5) is 17.5. The largest absolute Gasteiger partial charge is 0.360 e. The number of nitrogens with two attached hydrogens (primary N) is 1. The van der Waals surface area contributed by atoms with Crippen LogP contribution in [0, 0.1) is 5.82 Å². The highest BCUT2D eigenvalue weighted by Gasteiger charge is 2.20. The Labute approximate surface area is 167 Å². The number of hydrogen-bond donors (Lipinski definition) is 2. The fraction of sp³-hybridized carbons (Fsp3) is 0.190. The zero-order valence-electron chi connectivity index (χ0n) is 15.6. The Morgan fingerprint density at radius 3 is 2.59 bits per heavy atom.